The summed E-state index contributed by atoms with van der Waals surface area (Å²) in [4.78, 5) is 0. The van der Waals surface area contributed by atoms with Crippen LogP contribution in [0, 0.1) is 3.57 Å². The van der Waals surface area contributed by atoms with Gasteiger partial charge in [-0.15, -0.1) is 0 Å². The summed E-state index contributed by atoms with van der Waals surface area (Å²) in [6.45, 7) is 1.58. The van der Waals surface area contributed by atoms with Crippen molar-refractivity contribution in [2.75, 3.05) is 20.3 Å². The number of rotatable bonds is 3. The summed E-state index contributed by atoms with van der Waals surface area (Å²) < 4.78 is 17.7. The molecule has 4 heteroatoms. The van der Waals surface area contributed by atoms with Crippen molar-refractivity contribution in [3.63, 3.8) is 0 Å². The van der Waals surface area contributed by atoms with Crippen LogP contribution < -0.4 is 9.47 Å². The zero-order valence-electron chi connectivity index (χ0n) is 9.24. The number of halogens is 1. The fraction of sp³-hybridized carbons (Fsp3) is 0.500. The van der Waals surface area contributed by atoms with E-state index in [0.717, 1.165) is 41.1 Å². The van der Waals surface area contributed by atoms with Crippen molar-refractivity contribution in [3.8, 4) is 11.5 Å². The number of methoxy groups -OCH3 is 1. The average molecular weight is 334 g/mol. The summed E-state index contributed by atoms with van der Waals surface area (Å²) in [6, 6.07) is 5.98. The lowest BCUT2D eigenvalue weighted by Gasteiger charge is -2.24. The molecule has 1 aromatic carbocycles. The maximum Gasteiger partial charge on any atom is 0.161 e. The first kappa shape index (κ1) is 12.0. The first-order valence-corrected chi connectivity index (χ1v) is 6.45. The molecule has 0 aliphatic carbocycles. The zero-order chi connectivity index (χ0) is 11.4. The number of benzene rings is 1. The Morgan fingerprint density at radius 2 is 2.00 bits per heavy atom. The second-order valence-corrected chi connectivity index (χ2v) is 4.97. The standard InChI is InChI=1S/C12H15IO3/c1-14-12-8-9(13)2-3-11(12)16-10-4-6-15-7-5-10/h2-3,8,10H,4-7H2,1H3. The van der Waals surface area contributed by atoms with E-state index in [-0.39, 0.29) is 6.10 Å². The van der Waals surface area contributed by atoms with Crippen LogP contribution in [0.1, 0.15) is 12.8 Å². The summed E-state index contributed by atoms with van der Waals surface area (Å²) in [5, 5.41) is 0. The minimum atomic E-state index is 0.253. The summed E-state index contributed by atoms with van der Waals surface area (Å²) >= 11 is 2.26. The van der Waals surface area contributed by atoms with Crippen LogP contribution in [0.2, 0.25) is 0 Å². The normalized spacial score (nSPS) is 17.1. The van der Waals surface area contributed by atoms with Gasteiger partial charge in [0.25, 0.3) is 0 Å². The van der Waals surface area contributed by atoms with Gasteiger partial charge in [-0.05, 0) is 40.8 Å². The highest BCUT2D eigenvalue weighted by Crippen LogP contribution is 2.30. The highest BCUT2D eigenvalue weighted by Gasteiger charge is 2.17. The molecule has 1 aliphatic heterocycles. The lowest BCUT2D eigenvalue weighted by molar-refractivity contribution is 0.0245. The van der Waals surface area contributed by atoms with Gasteiger partial charge in [-0.1, -0.05) is 0 Å². The topological polar surface area (TPSA) is 27.7 Å². The van der Waals surface area contributed by atoms with E-state index in [1.807, 2.05) is 18.2 Å². The Balaban J connectivity index is 2.07. The SMILES string of the molecule is COc1cc(I)ccc1OC1CCOCC1. The van der Waals surface area contributed by atoms with E-state index >= 15 is 0 Å². The summed E-state index contributed by atoms with van der Waals surface area (Å²) in [5.41, 5.74) is 0. The van der Waals surface area contributed by atoms with E-state index in [4.69, 9.17) is 14.2 Å². The largest absolute Gasteiger partial charge is 0.493 e. The van der Waals surface area contributed by atoms with Crippen LogP contribution in [0.25, 0.3) is 0 Å². The molecule has 0 unspecified atom stereocenters. The molecule has 3 nitrogen and oxygen atoms in total. The second-order valence-electron chi connectivity index (χ2n) is 3.72. The molecular formula is C12H15IO3. The van der Waals surface area contributed by atoms with Gasteiger partial charge in [0.15, 0.2) is 11.5 Å². The highest BCUT2D eigenvalue weighted by atomic mass is 127. The van der Waals surface area contributed by atoms with Gasteiger partial charge >= 0.3 is 0 Å². The van der Waals surface area contributed by atoms with E-state index in [0.29, 0.717) is 0 Å². The molecule has 0 aromatic heterocycles. The van der Waals surface area contributed by atoms with Crippen molar-refractivity contribution in [3.05, 3.63) is 21.8 Å². The average Bonchev–Trinajstić information content (AvgIpc) is 2.33. The van der Waals surface area contributed by atoms with Gasteiger partial charge in [-0.3, -0.25) is 0 Å². The van der Waals surface area contributed by atoms with E-state index in [1.165, 1.54) is 0 Å². The third-order valence-corrected chi connectivity index (χ3v) is 3.26. The number of hydrogen-bond donors (Lipinski definition) is 0. The molecule has 1 aromatic rings. The smallest absolute Gasteiger partial charge is 0.161 e. The number of ether oxygens (including phenoxy) is 3. The van der Waals surface area contributed by atoms with Crippen LogP contribution in [0.5, 0.6) is 11.5 Å². The summed E-state index contributed by atoms with van der Waals surface area (Å²) in [5.74, 6) is 1.63. The van der Waals surface area contributed by atoms with Crippen LogP contribution >= 0.6 is 22.6 Å². The molecule has 2 rings (SSSR count). The van der Waals surface area contributed by atoms with Gasteiger partial charge in [0.1, 0.15) is 6.10 Å². The van der Waals surface area contributed by atoms with Crippen LogP contribution in [0.3, 0.4) is 0 Å². The predicted molar refractivity (Wildman–Crippen MR) is 70.2 cm³/mol. The van der Waals surface area contributed by atoms with E-state index in [9.17, 15) is 0 Å². The maximum atomic E-state index is 5.92. The van der Waals surface area contributed by atoms with E-state index < -0.39 is 0 Å². The fourth-order valence-corrected chi connectivity index (χ4v) is 2.17. The monoisotopic (exact) mass is 334 g/mol. The van der Waals surface area contributed by atoms with Crippen molar-refractivity contribution in [2.45, 2.75) is 18.9 Å². The molecular weight excluding hydrogens is 319 g/mol. The molecule has 88 valence electrons. The Morgan fingerprint density at radius 3 is 2.69 bits per heavy atom. The summed E-state index contributed by atoms with van der Waals surface area (Å²) in [7, 11) is 1.67. The molecule has 0 saturated carbocycles. The van der Waals surface area contributed by atoms with E-state index in [1.54, 1.807) is 7.11 Å². The Hall–Kier alpha value is -0.490. The summed E-state index contributed by atoms with van der Waals surface area (Å²) in [6.07, 6.45) is 2.16. The molecule has 1 saturated heterocycles. The third-order valence-electron chi connectivity index (χ3n) is 2.59. The van der Waals surface area contributed by atoms with Gasteiger partial charge < -0.3 is 14.2 Å². The molecule has 0 bridgehead atoms. The van der Waals surface area contributed by atoms with Gasteiger partial charge in [0.2, 0.25) is 0 Å². The first-order chi connectivity index (χ1) is 7.79. The van der Waals surface area contributed by atoms with Crippen LogP contribution in [-0.2, 0) is 4.74 Å². The Bertz CT molecular complexity index is 348. The predicted octanol–water partition coefficient (Wildman–Crippen LogP) is 2.86. The van der Waals surface area contributed by atoms with Crippen molar-refractivity contribution in [2.24, 2.45) is 0 Å². The molecule has 1 fully saturated rings. The van der Waals surface area contributed by atoms with Crippen LogP contribution in [0.4, 0.5) is 0 Å². The maximum absolute atomic E-state index is 5.92. The quantitative estimate of drug-likeness (QED) is 0.796. The Labute approximate surface area is 109 Å². The van der Waals surface area contributed by atoms with Crippen LogP contribution in [0.15, 0.2) is 18.2 Å². The van der Waals surface area contributed by atoms with Crippen LogP contribution in [-0.4, -0.2) is 26.4 Å². The molecule has 0 spiro atoms. The van der Waals surface area contributed by atoms with Gasteiger partial charge in [0.05, 0.1) is 20.3 Å². The van der Waals surface area contributed by atoms with Crippen molar-refractivity contribution >= 4 is 22.6 Å². The lowest BCUT2D eigenvalue weighted by atomic mass is 10.1. The fourth-order valence-electron chi connectivity index (χ4n) is 1.71. The van der Waals surface area contributed by atoms with Crippen molar-refractivity contribution in [1.82, 2.24) is 0 Å². The molecule has 16 heavy (non-hydrogen) atoms. The molecule has 1 heterocycles. The number of hydrogen-bond acceptors (Lipinski definition) is 3. The van der Waals surface area contributed by atoms with Crippen molar-refractivity contribution < 1.29 is 14.2 Å². The Morgan fingerprint density at radius 1 is 1.25 bits per heavy atom. The minimum absolute atomic E-state index is 0.253. The molecule has 0 amide bonds. The van der Waals surface area contributed by atoms with Gasteiger partial charge in [0, 0.05) is 16.4 Å². The third kappa shape index (κ3) is 3.01. The van der Waals surface area contributed by atoms with E-state index in [2.05, 4.69) is 22.6 Å². The highest BCUT2D eigenvalue weighted by molar-refractivity contribution is 14.1. The molecule has 1 aliphatic rings. The molecule has 0 N–H and O–H groups in total. The zero-order valence-corrected chi connectivity index (χ0v) is 11.4. The first-order valence-electron chi connectivity index (χ1n) is 5.37. The lowest BCUT2D eigenvalue weighted by Crippen LogP contribution is -2.26. The molecule has 0 radical (unpaired) electrons. The van der Waals surface area contributed by atoms with Gasteiger partial charge in [-0.25, -0.2) is 0 Å². The Kier molecular flexibility index (Phi) is 4.29. The minimum Gasteiger partial charge on any atom is -0.493 e. The van der Waals surface area contributed by atoms with Crippen molar-refractivity contribution in [1.29, 1.82) is 0 Å². The second kappa shape index (κ2) is 5.72. The van der Waals surface area contributed by atoms with Gasteiger partial charge in [-0.2, -0.15) is 0 Å². The molecule has 0 atom stereocenters.